The van der Waals surface area contributed by atoms with Gasteiger partial charge in [-0.15, -0.1) is 5.10 Å². The Bertz CT molecular complexity index is 1540. The predicted molar refractivity (Wildman–Crippen MR) is 157 cm³/mol. The second-order valence-electron chi connectivity index (χ2n) is 11.1. The predicted octanol–water partition coefficient (Wildman–Crippen LogP) is 3.43. The second-order valence-corrected chi connectivity index (χ2v) is 11.5. The van der Waals surface area contributed by atoms with Crippen LogP contribution in [0.4, 0.5) is 17.3 Å². The molecule has 3 N–H and O–H groups in total. The molecule has 3 saturated heterocycles. The Hall–Kier alpha value is -3.70. The van der Waals surface area contributed by atoms with Gasteiger partial charge in [-0.2, -0.15) is 4.98 Å². The van der Waals surface area contributed by atoms with Crippen LogP contribution in [0, 0.1) is 0 Å². The summed E-state index contributed by atoms with van der Waals surface area (Å²) >= 11 is 6.04. The third kappa shape index (κ3) is 5.24. The molecule has 3 fully saturated rings. The first-order chi connectivity index (χ1) is 19.9. The van der Waals surface area contributed by atoms with Crippen molar-refractivity contribution in [1.82, 2.24) is 24.8 Å². The summed E-state index contributed by atoms with van der Waals surface area (Å²) in [6, 6.07) is 18.9. The molecule has 10 nitrogen and oxygen atoms in total. The van der Waals surface area contributed by atoms with E-state index < -0.39 is 5.60 Å². The molecule has 0 saturated carbocycles. The first-order valence-electron chi connectivity index (χ1n) is 14.0. The van der Waals surface area contributed by atoms with Crippen LogP contribution < -0.4 is 15.5 Å². The summed E-state index contributed by atoms with van der Waals surface area (Å²) in [7, 11) is 0. The molecule has 5 heterocycles. The number of nitrogens with zero attached hydrogens (tertiary/aromatic N) is 5. The number of ether oxygens (including phenoxy) is 1. The number of amides is 1. The summed E-state index contributed by atoms with van der Waals surface area (Å²) in [5.74, 6) is 0.497. The minimum absolute atomic E-state index is 0.0248. The summed E-state index contributed by atoms with van der Waals surface area (Å²) in [4.78, 5) is 22.0. The number of rotatable bonds is 5. The Morgan fingerprint density at radius 3 is 2.44 bits per heavy atom. The van der Waals surface area contributed by atoms with E-state index in [1.54, 1.807) is 4.52 Å². The van der Waals surface area contributed by atoms with Gasteiger partial charge >= 0.3 is 0 Å². The van der Waals surface area contributed by atoms with Crippen molar-refractivity contribution >= 4 is 40.5 Å². The average molecular weight is 574 g/mol. The van der Waals surface area contributed by atoms with Gasteiger partial charge in [0.05, 0.1) is 23.5 Å². The maximum absolute atomic E-state index is 13.1. The van der Waals surface area contributed by atoms with Gasteiger partial charge in [-0.25, -0.2) is 4.52 Å². The van der Waals surface area contributed by atoms with Crippen LogP contribution in [0.2, 0.25) is 5.02 Å². The molecule has 2 atom stereocenters. The Morgan fingerprint density at radius 1 is 1.02 bits per heavy atom. The van der Waals surface area contributed by atoms with Gasteiger partial charge < -0.3 is 30.3 Å². The van der Waals surface area contributed by atoms with Gasteiger partial charge in [-0.1, -0.05) is 23.7 Å². The van der Waals surface area contributed by atoms with Gasteiger partial charge in [0.15, 0.2) is 5.65 Å². The van der Waals surface area contributed by atoms with Crippen molar-refractivity contribution in [1.29, 1.82) is 0 Å². The molecule has 2 aromatic carbocycles. The number of halogens is 1. The van der Waals surface area contributed by atoms with Crippen LogP contribution in [0.5, 0.6) is 0 Å². The van der Waals surface area contributed by atoms with Crippen molar-refractivity contribution in [3.05, 3.63) is 83.0 Å². The fourth-order valence-corrected chi connectivity index (χ4v) is 6.21. The molecule has 2 aromatic heterocycles. The number of morpholine rings is 2. The van der Waals surface area contributed by atoms with Crippen molar-refractivity contribution in [2.75, 3.05) is 49.5 Å². The largest absolute Gasteiger partial charge is 0.385 e. The first-order valence-corrected chi connectivity index (χ1v) is 14.4. The maximum Gasteiger partial charge on any atom is 0.254 e. The lowest BCUT2D eigenvalue weighted by Gasteiger charge is -2.41. The molecule has 2 unspecified atom stereocenters. The summed E-state index contributed by atoms with van der Waals surface area (Å²) < 4.78 is 7.69. The Kier molecular flexibility index (Phi) is 6.78. The summed E-state index contributed by atoms with van der Waals surface area (Å²) in [6.07, 6.45) is 3.18. The van der Waals surface area contributed by atoms with E-state index in [2.05, 4.69) is 20.6 Å². The highest BCUT2D eigenvalue weighted by Crippen LogP contribution is 2.36. The van der Waals surface area contributed by atoms with Crippen molar-refractivity contribution in [2.24, 2.45) is 0 Å². The van der Waals surface area contributed by atoms with Crippen LogP contribution >= 0.6 is 11.6 Å². The SMILES string of the molecule is O=C(c1ccc(Nc2nc3c(N4CCC(O)(c5ccc(Cl)cc5)CC4)cccn3n2)cc1)N1CC2CNCC(C1)O2. The molecule has 41 heavy (non-hydrogen) atoms. The molecular weight excluding hydrogens is 542 g/mol. The Balaban J connectivity index is 1.03. The molecule has 0 radical (unpaired) electrons. The number of hydrogen-bond acceptors (Lipinski definition) is 8. The van der Waals surface area contributed by atoms with E-state index in [1.807, 2.05) is 71.8 Å². The molecule has 0 aliphatic carbocycles. The highest BCUT2D eigenvalue weighted by Gasteiger charge is 2.35. The molecule has 4 aromatic rings. The molecule has 3 aliphatic rings. The molecule has 2 bridgehead atoms. The number of fused-ring (bicyclic) bond motifs is 3. The van der Waals surface area contributed by atoms with Crippen LogP contribution in [0.3, 0.4) is 0 Å². The molecule has 3 aliphatic heterocycles. The van der Waals surface area contributed by atoms with E-state index in [0.29, 0.717) is 55.6 Å². The number of aliphatic hydroxyl groups is 1. The van der Waals surface area contributed by atoms with E-state index in [9.17, 15) is 9.90 Å². The van der Waals surface area contributed by atoms with E-state index in [0.717, 1.165) is 35.7 Å². The van der Waals surface area contributed by atoms with E-state index in [1.165, 1.54) is 0 Å². The van der Waals surface area contributed by atoms with Gasteiger partial charge in [0, 0.05) is 61.7 Å². The van der Waals surface area contributed by atoms with Crippen molar-refractivity contribution in [2.45, 2.75) is 30.7 Å². The number of pyridine rings is 1. The fraction of sp³-hybridized carbons (Fsp3) is 0.367. The minimum Gasteiger partial charge on any atom is -0.385 e. The number of carbonyl (C=O) groups is 1. The zero-order valence-corrected chi connectivity index (χ0v) is 23.3. The van der Waals surface area contributed by atoms with Crippen LogP contribution in [0.15, 0.2) is 66.9 Å². The number of carbonyl (C=O) groups excluding carboxylic acids is 1. The van der Waals surface area contributed by atoms with Crippen LogP contribution in [0.25, 0.3) is 5.65 Å². The van der Waals surface area contributed by atoms with E-state index in [-0.39, 0.29) is 18.1 Å². The van der Waals surface area contributed by atoms with Gasteiger partial charge in [0.25, 0.3) is 5.91 Å². The van der Waals surface area contributed by atoms with Gasteiger partial charge in [-0.05, 0) is 66.9 Å². The van der Waals surface area contributed by atoms with Crippen LogP contribution in [-0.2, 0) is 10.3 Å². The van der Waals surface area contributed by atoms with Crippen molar-refractivity contribution in [3.63, 3.8) is 0 Å². The van der Waals surface area contributed by atoms with Gasteiger partial charge in [-0.3, -0.25) is 4.79 Å². The maximum atomic E-state index is 13.1. The lowest BCUT2D eigenvalue weighted by molar-refractivity contribution is -0.0930. The van der Waals surface area contributed by atoms with Gasteiger partial charge in [0.2, 0.25) is 5.95 Å². The van der Waals surface area contributed by atoms with Crippen LogP contribution in [-0.4, -0.2) is 82.0 Å². The Labute approximate surface area is 242 Å². The minimum atomic E-state index is -0.877. The van der Waals surface area contributed by atoms with Crippen molar-refractivity contribution < 1.29 is 14.6 Å². The lowest BCUT2D eigenvalue weighted by Crippen LogP contribution is -2.59. The number of nitrogens with one attached hydrogen (secondary N) is 2. The summed E-state index contributed by atoms with van der Waals surface area (Å²) in [6.45, 7) is 4.14. The molecule has 7 rings (SSSR count). The summed E-state index contributed by atoms with van der Waals surface area (Å²) in [5.41, 5.74) is 3.18. The zero-order chi connectivity index (χ0) is 28.0. The van der Waals surface area contributed by atoms with E-state index >= 15 is 0 Å². The first kappa shape index (κ1) is 26.2. The lowest BCUT2D eigenvalue weighted by atomic mass is 9.84. The number of piperidine rings is 1. The topological polar surface area (TPSA) is 107 Å². The number of hydrogen-bond donors (Lipinski definition) is 3. The highest BCUT2D eigenvalue weighted by atomic mass is 35.5. The van der Waals surface area contributed by atoms with Crippen molar-refractivity contribution in [3.8, 4) is 0 Å². The number of aromatic nitrogens is 3. The standard InChI is InChI=1S/C30H32ClN7O3/c31-22-7-5-21(6-8-22)30(40)11-14-36(15-12-30)26-2-1-13-38-27(26)34-29(35-38)33-23-9-3-20(4-10-23)28(39)37-18-24-16-32-17-25(19-37)41-24/h1-10,13,24-25,32,40H,11-12,14-19H2,(H,33,35). The highest BCUT2D eigenvalue weighted by molar-refractivity contribution is 6.30. The second kappa shape index (κ2) is 10.6. The quantitative estimate of drug-likeness (QED) is 0.333. The monoisotopic (exact) mass is 573 g/mol. The van der Waals surface area contributed by atoms with Crippen LogP contribution in [0.1, 0.15) is 28.8 Å². The zero-order valence-electron chi connectivity index (χ0n) is 22.5. The third-order valence-electron chi connectivity index (χ3n) is 8.31. The smallest absolute Gasteiger partial charge is 0.254 e. The molecule has 0 spiro atoms. The number of benzene rings is 2. The third-order valence-corrected chi connectivity index (χ3v) is 8.56. The molecular formula is C30H32ClN7O3. The molecule has 11 heteroatoms. The average Bonchev–Trinajstić information content (AvgIpc) is 3.40. The Morgan fingerprint density at radius 2 is 1.73 bits per heavy atom. The molecule has 212 valence electrons. The molecule has 1 amide bonds. The number of anilines is 3. The van der Waals surface area contributed by atoms with Gasteiger partial charge in [0.1, 0.15) is 0 Å². The normalized spacial score (nSPS) is 22.1. The summed E-state index contributed by atoms with van der Waals surface area (Å²) in [5, 5.41) is 23.2. The van der Waals surface area contributed by atoms with E-state index in [4.69, 9.17) is 21.3 Å². The fourth-order valence-electron chi connectivity index (χ4n) is 6.09.